The molecule has 1 aromatic carbocycles. The van der Waals surface area contributed by atoms with Crippen molar-refractivity contribution in [3.8, 4) is 0 Å². The van der Waals surface area contributed by atoms with Crippen LogP contribution >= 0.6 is 0 Å². The highest BCUT2D eigenvalue weighted by atomic mass is 19.1. The first-order chi connectivity index (χ1) is 8.79. The smallest absolute Gasteiger partial charge is 0.237 e. The van der Waals surface area contributed by atoms with Crippen molar-refractivity contribution in [3.05, 3.63) is 35.6 Å². The molecule has 1 aliphatic rings. The largest absolute Gasteiger partial charge is 0.351 e. The van der Waals surface area contributed by atoms with E-state index in [1.54, 1.807) is 6.07 Å². The quantitative estimate of drug-likeness (QED) is 0.879. The van der Waals surface area contributed by atoms with Crippen molar-refractivity contribution in [1.82, 2.24) is 5.32 Å². The van der Waals surface area contributed by atoms with Crippen LogP contribution in [-0.4, -0.2) is 18.0 Å². The molecule has 3 atom stereocenters. The highest BCUT2D eigenvalue weighted by Crippen LogP contribution is 2.41. The number of benzene rings is 1. The van der Waals surface area contributed by atoms with E-state index in [9.17, 15) is 9.18 Å². The summed E-state index contributed by atoms with van der Waals surface area (Å²) in [6.45, 7) is 5.82. The summed E-state index contributed by atoms with van der Waals surface area (Å²) < 4.78 is 13.1. The molecule has 0 aliphatic heterocycles. The number of nitrogens with two attached hydrogens (primary N) is 1. The third-order valence-corrected chi connectivity index (χ3v) is 3.61. The van der Waals surface area contributed by atoms with E-state index in [1.807, 2.05) is 26.8 Å². The zero-order valence-electron chi connectivity index (χ0n) is 11.6. The number of rotatable bonds is 3. The van der Waals surface area contributed by atoms with Crippen LogP contribution in [0.3, 0.4) is 0 Å². The molecule has 0 bridgehead atoms. The van der Waals surface area contributed by atoms with Gasteiger partial charge in [-0.1, -0.05) is 32.9 Å². The molecule has 0 aromatic heterocycles. The molecule has 1 amide bonds. The number of amides is 1. The highest BCUT2D eigenvalue weighted by Gasteiger charge is 2.41. The Morgan fingerprint density at radius 2 is 2.16 bits per heavy atom. The predicted molar refractivity (Wildman–Crippen MR) is 73.1 cm³/mol. The summed E-state index contributed by atoms with van der Waals surface area (Å²) in [5.74, 6) is -0.149. The molecule has 2 rings (SSSR count). The highest BCUT2D eigenvalue weighted by molar-refractivity contribution is 5.83. The fourth-order valence-electron chi connectivity index (χ4n) is 2.13. The maximum atomic E-state index is 13.1. The van der Waals surface area contributed by atoms with Crippen LogP contribution in [0, 0.1) is 11.2 Å². The first-order valence-electron chi connectivity index (χ1n) is 6.60. The van der Waals surface area contributed by atoms with Gasteiger partial charge in [-0.2, -0.15) is 0 Å². The lowest BCUT2D eigenvalue weighted by atomic mass is 9.87. The summed E-state index contributed by atoms with van der Waals surface area (Å²) in [5.41, 5.74) is 6.59. The van der Waals surface area contributed by atoms with E-state index >= 15 is 0 Å². The van der Waals surface area contributed by atoms with E-state index in [1.165, 1.54) is 12.1 Å². The summed E-state index contributed by atoms with van der Waals surface area (Å²) in [7, 11) is 0. The van der Waals surface area contributed by atoms with Crippen molar-refractivity contribution >= 4 is 5.91 Å². The predicted octanol–water partition coefficient (Wildman–Crippen LogP) is 2.17. The number of hydrogen-bond donors (Lipinski definition) is 2. The van der Waals surface area contributed by atoms with Gasteiger partial charge < -0.3 is 11.1 Å². The molecule has 3 N–H and O–H groups in total. The molecule has 2 unspecified atom stereocenters. The normalized spacial score (nSPS) is 23.8. The fourth-order valence-corrected chi connectivity index (χ4v) is 2.13. The third-order valence-electron chi connectivity index (χ3n) is 3.61. The summed E-state index contributed by atoms with van der Waals surface area (Å²) in [6.07, 6.45) is 0.853. The molecule has 0 saturated heterocycles. The Bertz CT molecular complexity index is 481. The van der Waals surface area contributed by atoms with Gasteiger partial charge in [0.2, 0.25) is 5.91 Å². The van der Waals surface area contributed by atoms with Gasteiger partial charge in [0.15, 0.2) is 0 Å². The van der Waals surface area contributed by atoms with Gasteiger partial charge >= 0.3 is 0 Å². The van der Waals surface area contributed by atoms with Crippen molar-refractivity contribution in [2.45, 2.75) is 45.2 Å². The fraction of sp³-hybridized carbons (Fsp3) is 0.533. The summed E-state index contributed by atoms with van der Waals surface area (Å²) in [6, 6.07) is 6.10. The molecule has 104 valence electrons. The van der Waals surface area contributed by atoms with Gasteiger partial charge in [-0.15, -0.1) is 0 Å². The van der Waals surface area contributed by atoms with Crippen LogP contribution in [-0.2, 0) is 4.79 Å². The SMILES string of the molecule is CC(C)(C)[C@H](N)C(=O)NC1CC1c1cccc(F)c1. The second-order valence-electron chi connectivity index (χ2n) is 6.36. The number of carbonyl (C=O) groups excluding carboxylic acids is 1. The van der Waals surface area contributed by atoms with Gasteiger partial charge in [-0.05, 0) is 29.5 Å². The lowest BCUT2D eigenvalue weighted by molar-refractivity contribution is -0.124. The minimum atomic E-state index is -0.527. The van der Waals surface area contributed by atoms with Crippen molar-refractivity contribution in [2.75, 3.05) is 0 Å². The van der Waals surface area contributed by atoms with Crippen LogP contribution in [0.4, 0.5) is 4.39 Å². The van der Waals surface area contributed by atoms with Crippen LogP contribution in [0.5, 0.6) is 0 Å². The van der Waals surface area contributed by atoms with Crippen molar-refractivity contribution in [1.29, 1.82) is 0 Å². The van der Waals surface area contributed by atoms with E-state index in [-0.39, 0.29) is 29.1 Å². The van der Waals surface area contributed by atoms with E-state index in [2.05, 4.69) is 5.32 Å². The maximum Gasteiger partial charge on any atom is 0.237 e. The van der Waals surface area contributed by atoms with Crippen molar-refractivity contribution in [2.24, 2.45) is 11.1 Å². The molecular weight excluding hydrogens is 243 g/mol. The number of hydrogen-bond acceptors (Lipinski definition) is 2. The average Bonchev–Trinajstić information content (AvgIpc) is 3.06. The molecular formula is C15H21FN2O. The van der Waals surface area contributed by atoms with E-state index in [4.69, 9.17) is 5.73 Å². The van der Waals surface area contributed by atoms with Crippen LogP contribution in [0.2, 0.25) is 0 Å². The maximum absolute atomic E-state index is 13.1. The molecule has 0 radical (unpaired) electrons. The van der Waals surface area contributed by atoms with Crippen LogP contribution in [0.1, 0.15) is 38.7 Å². The topological polar surface area (TPSA) is 55.1 Å². The zero-order chi connectivity index (χ0) is 14.2. The Balaban J connectivity index is 1.92. The molecule has 0 spiro atoms. The molecule has 19 heavy (non-hydrogen) atoms. The summed E-state index contributed by atoms with van der Waals surface area (Å²) in [4.78, 5) is 12.0. The molecule has 1 fully saturated rings. The summed E-state index contributed by atoms with van der Waals surface area (Å²) >= 11 is 0. The second kappa shape index (κ2) is 4.93. The van der Waals surface area contributed by atoms with Gasteiger partial charge in [-0.3, -0.25) is 4.79 Å². The number of halogens is 1. The summed E-state index contributed by atoms with van der Waals surface area (Å²) in [5, 5.41) is 2.94. The molecule has 4 heteroatoms. The van der Waals surface area contributed by atoms with Gasteiger partial charge in [0.25, 0.3) is 0 Å². The lowest BCUT2D eigenvalue weighted by Gasteiger charge is -2.25. The zero-order valence-corrected chi connectivity index (χ0v) is 11.6. The van der Waals surface area contributed by atoms with Gasteiger partial charge in [0.05, 0.1) is 6.04 Å². The molecule has 3 nitrogen and oxygen atoms in total. The van der Waals surface area contributed by atoms with Gasteiger partial charge in [0.1, 0.15) is 5.82 Å². The Hall–Kier alpha value is -1.42. The number of carbonyl (C=O) groups is 1. The van der Waals surface area contributed by atoms with E-state index in [0.29, 0.717) is 0 Å². The van der Waals surface area contributed by atoms with Crippen molar-refractivity contribution < 1.29 is 9.18 Å². The molecule has 0 heterocycles. The minimum absolute atomic E-state index is 0.0858. The minimum Gasteiger partial charge on any atom is -0.351 e. The number of nitrogens with one attached hydrogen (secondary N) is 1. The first-order valence-corrected chi connectivity index (χ1v) is 6.60. The van der Waals surface area contributed by atoms with Gasteiger partial charge in [-0.25, -0.2) is 4.39 Å². The average molecular weight is 264 g/mol. The monoisotopic (exact) mass is 264 g/mol. The third kappa shape index (κ3) is 3.32. The van der Waals surface area contributed by atoms with E-state index < -0.39 is 6.04 Å². The van der Waals surface area contributed by atoms with E-state index in [0.717, 1.165) is 12.0 Å². The Kier molecular flexibility index (Phi) is 3.63. The van der Waals surface area contributed by atoms with Crippen LogP contribution < -0.4 is 11.1 Å². The molecule has 1 aliphatic carbocycles. The second-order valence-corrected chi connectivity index (χ2v) is 6.36. The molecule has 1 saturated carbocycles. The van der Waals surface area contributed by atoms with Gasteiger partial charge in [0, 0.05) is 12.0 Å². The standard InChI is InChI=1S/C15H21FN2O/c1-15(2,3)13(17)14(19)18-12-8-11(12)9-5-4-6-10(16)7-9/h4-7,11-13H,8,17H2,1-3H3,(H,18,19)/t11?,12?,13-/m1/s1. The van der Waals surface area contributed by atoms with Crippen LogP contribution in [0.25, 0.3) is 0 Å². The Labute approximate surface area is 113 Å². The first kappa shape index (κ1) is 14.0. The van der Waals surface area contributed by atoms with Crippen molar-refractivity contribution in [3.63, 3.8) is 0 Å². The Morgan fingerprint density at radius 1 is 1.47 bits per heavy atom. The lowest BCUT2D eigenvalue weighted by Crippen LogP contribution is -2.49. The van der Waals surface area contributed by atoms with Crippen LogP contribution in [0.15, 0.2) is 24.3 Å². The Morgan fingerprint density at radius 3 is 2.74 bits per heavy atom. The molecule has 1 aromatic rings.